The Bertz CT molecular complexity index is 1030. The Labute approximate surface area is 184 Å². The maximum atomic E-state index is 14.0. The Morgan fingerprint density at radius 3 is 2.39 bits per heavy atom. The van der Waals surface area contributed by atoms with Crippen LogP contribution in [0.4, 0.5) is 15.8 Å². The fourth-order valence-corrected chi connectivity index (χ4v) is 4.90. The van der Waals surface area contributed by atoms with Crippen molar-refractivity contribution in [1.29, 1.82) is 0 Å². The van der Waals surface area contributed by atoms with E-state index in [9.17, 15) is 17.6 Å². The average Bonchev–Trinajstić information content (AvgIpc) is 2.73. The van der Waals surface area contributed by atoms with E-state index < -0.39 is 10.0 Å². The summed E-state index contributed by atoms with van der Waals surface area (Å²) in [5, 5.41) is 0. The Morgan fingerprint density at radius 1 is 1.06 bits per heavy atom. The van der Waals surface area contributed by atoms with Crippen LogP contribution in [-0.2, 0) is 14.8 Å². The molecule has 168 valence electrons. The molecule has 2 aromatic carbocycles. The van der Waals surface area contributed by atoms with Gasteiger partial charge in [0.1, 0.15) is 5.82 Å². The van der Waals surface area contributed by atoms with Crippen molar-refractivity contribution in [2.75, 3.05) is 48.2 Å². The second kappa shape index (κ2) is 9.68. The van der Waals surface area contributed by atoms with Crippen molar-refractivity contribution in [3.63, 3.8) is 0 Å². The molecule has 31 heavy (non-hydrogen) atoms. The summed E-state index contributed by atoms with van der Waals surface area (Å²) < 4.78 is 40.1. The third-order valence-corrected chi connectivity index (χ3v) is 6.79. The molecule has 1 aliphatic heterocycles. The second-order valence-corrected chi connectivity index (χ2v) is 9.95. The lowest BCUT2D eigenvalue weighted by molar-refractivity contribution is -0.131. The van der Waals surface area contributed by atoms with E-state index in [-0.39, 0.29) is 24.7 Å². The van der Waals surface area contributed by atoms with Gasteiger partial charge in [-0.05, 0) is 49.6 Å². The minimum absolute atomic E-state index is 0.00241. The number of nitrogens with zero attached hydrogens (tertiary/aromatic N) is 3. The van der Waals surface area contributed by atoms with Gasteiger partial charge in [0.25, 0.3) is 0 Å². The summed E-state index contributed by atoms with van der Waals surface area (Å²) in [7, 11) is -3.46. The molecule has 1 aliphatic rings. The molecule has 6 nitrogen and oxygen atoms in total. The minimum Gasteiger partial charge on any atom is -0.366 e. The highest BCUT2D eigenvalue weighted by Crippen LogP contribution is 2.25. The van der Waals surface area contributed by atoms with Gasteiger partial charge in [-0.1, -0.05) is 24.3 Å². The number of benzene rings is 2. The van der Waals surface area contributed by atoms with E-state index in [0.29, 0.717) is 44.0 Å². The van der Waals surface area contributed by atoms with Crippen LogP contribution in [0.15, 0.2) is 42.5 Å². The number of rotatable bonds is 7. The van der Waals surface area contributed by atoms with E-state index in [2.05, 4.69) is 0 Å². The molecule has 1 amide bonds. The number of carbonyl (C=O) groups excluding carboxylic acids is 1. The van der Waals surface area contributed by atoms with Crippen molar-refractivity contribution in [1.82, 2.24) is 4.90 Å². The normalized spacial score (nSPS) is 14.6. The third kappa shape index (κ3) is 5.76. The van der Waals surface area contributed by atoms with Crippen molar-refractivity contribution in [2.45, 2.75) is 26.7 Å². The van der Waals surface area contributed by atoms with Gasteiger partial charge in [-0.2, -0.15) is 0 Å². The number of sulfonamides is 1. The molecule has 0 spiro atoms. The molecule has 0 bridgehead atoms. The largest absolute Gasteiger partial charge is 0.366 e. The van der Waals surface area contributed by atoms with Crippen LogP contribution >= 0.6 is 0 Å². The summed E-state index contributed by atoms with van der Waals surface area (Å²) in [4.78, 5) is 16.4. The number of hydrogen-bond acceptors (Lipinski definition) is 4. The van der Waals surface area contributed by atoms with Crippen LogP contribution in [0.2, 0.25) is 0 Å². The van der Waals surface area contributed by atoms with Crippen LogP contribution in [0.5, 0.6) is 0 Å². The lowest BCUT2D eigenvalue weighted by atomic mass is 10.1. The minimum atomic E-state index is -3.46. The monoisotopic (exact) mass is 447 g/mol. The molecular weight excluding hydrogens is 417 g/mol. The molecular formula is C23H30FN3O3S. The first kappa shape index (κ1) is 23.1. The Kier molecular flexibility index (Phi) is 7.20. The quantitative estimate of drug-likeness (QED) is 0.653. The Hall–Kier alpha value is -2.61. The summed E-state index contributed by atoms with van der Waals surface area (Å²) in [6.07, 6.45) is 1.90. The smallest absolute Gasteiger partial charge is 0.232 e. The van der Waals surface area contributed by atoms with Gasteiger partial charge in [-0.3, -0.25) is 9.10 Å². The van der Waals surface area contributed by atoms with Gasteiger partial charge in [0.2, 0.25) is 15.9 Å². The van der Waals surface area contributed by atoms with E-state index >= 15 is 0 Å². The predicted molar refractivity (Wildman–Crippen MR) is 123 cm³/mol. The zero-order chi connectivity index (χ0) is 22.6. The molecule has 1 heterocycles. The van der Waals surface area contributed by atoms with E-state index in [1.54, 1.807) is 23.1 Å². The Morgan fingerprint density at radius 2 is 1.74 bits per heavy atom. The highest BCUT2D eigenvalue weighted by molar-refractivity contribution is 7.92. The number of anilines is 2. The van der Waals surface area contributed by atoms with Crippen molar-refractivity contribution < 1.29 is 17.6 Å². The zero-order valence-electron chi connectivity index (χ0n) is 18.3. The molecule has 0 N–H and O–H groups in total. The molecule has 0 unspecified atom stereocenters. The number of carbonyl (C=O) groups is 1. The molecule has 0 aliphatic carbocycles. The fourth-order valence-electron chi connectivity index (χ4n) is 3.89. The van der Waals surface area contributed by atoms with Gasteiger partial charge in [0.15, 0.2) is 0 Å². The maximum absolute atomic E-state index is 14.0. The number of aryl methyl sites for hydroxylation is 2. The Balaban J connectivity index is 1.55. The summed E-state index contributed by atoms with van der Waals surface area (Å²) in [6.45, 7) is 6.26. The lowest BCUT2D eigenvalue weighted by Crippen LogP contribution is -2.49. The topological polar surface area (TPSA) is 60.9 Å². The van der Waals surface area contributed by atoms with Gasteiger partial charge in [-0.25, -0.2) is 12.8 Å². The van der Waals surface area contributed by atoms with E-state index in [0.717, 1.165) is 11.1 Å². The highest BCUT2D eigenvalue weighted by atomic mass is 32.2. The standard InChI is InChI=1S/C23H30FN3O3S/c1-18-10-11-19(2)22(17-18)27(31(3,29)30)12-6-9-23(28)26-15-13-25(14-16-26)21-8-5-4-7-20(21)24/h4-5,7-8,10-11,17H,6,9,12-16H2,1-3H3. The summed E-state index contributed by atoms with van der Waals surface area (Å²) in [5.41, 5.74) is 3.09. The SMILES string of the molecule is Cc1ccc(C)c(N(CCCC(=O)N2CCN(c3ccccc3F)CC2)S(C)(=O)=O)c1. The van der Waals surface area contributed by atoms with Crippen LogP contribution in [0, 0.1) is 19.7 Å². The number of amides is 1. The molecule has 8 heteroatoms. The van der Waals surface area contributed by atoms with Gasteiger partial charge in [-0.15, -0.1) is 0 Å². The van der Waals surface area contributed by atoms with E-state index in [4.69, 9.17) is 0 Å². The summed E-state index contributed by atoms with van der Waals surface area (Å²) >= 11 is 0. The molecule has 0 saturated carbocycles. The molecule has 1 saturated heterocycles. The number of piperazine rings is 1. The first-order valence-electron chi connectivity index (χ1n) is 10.5. The van der Waals surface area contributed by atoms with Gasteiger partial charge >= 0.3 is 0 Å². The van der Waals surface area contributed by atoms with E-state index in [1.807, 2.05) is 36.9 Å². The summed E-state index contributed by atoms with van der Waals surface area (Å²) in [5.74, 6) is -0.253. The van der Waals surface area contributed by atoms with Gasteiger partial charge < -0.3 is 9.80 Å². The second-order valence-electron chi connectivity index (χ2n) is 8.05. The van der Waals surface area contributed by atoms with Gasteiger partial charge in [0, 0.05) is 39.1 Å². The first-order valence-corrected chi connectivity index (χ1v) is 12.3. The van der Waals surface area contributed by atoms with Crippen LogP contribution in [0.25, 0.3) is 0 Å². The first-order chi connectivity index (χ1) is 14.7. The van der Waals surface area contributed by atoms with Crippen LogP contribution in [-0.4, -0.2) is 58.2 Å². The number of hydrogen-bond donors (Lipinski definition) is 0. The number of halogens is 1. The summed E-state index contributed by atoms with van der Waals surface area (Å²) in [6, 6.07) is 12.4. The van der Waals surface area contributed by atoms with Crippen molar-refractivity contribution in [3.8, 4) is 0 Å². The lowest BCUT2D eigenvalue weighted by Gasteiger charge is -2.36. The van der Waals surface area contributed by atoms with Crippen molar-refractivity contribution in [3.05, 3.63) is 59.4 Å². The predicted octanol–water partition coefficient (Wildman–Crippen LogP) is 3.34. The average molecular weight is 448 g/mol. The van der Waals surface area contributed by atoms with Crippen molar-refractivity contribution in [2.24, 2.45) is 0 Å². The molecule has 3 rings (SSSR count). The highest BCUT2D eigenvalue weighted by Gasteiger charge is 2.24. The van der Waals surface area contributed by atoms with Crippen LogP contribution in [0.3, 0.4) is 0 Å². The van der Waals surface area contributed by atoms with Gasteiger partial charge in [0.05, 0.1) is 17.6 Å². The molecule has 0 atom stereocenters. The molecule has 1 fully saturated rings. The maximum Gasteiger partial charge on any atom is 0.232 e. The molecule has 0 radical (unpaired) electrons. The zero-order valence-corrected chi connectivity index (χ0v) is 19.2. The molecule has 0 aromatic heterocycles. The van der Waals surface area contributed by atoms with Crippen molar-refractivity contribution >= 4 is 27.3 Å². The van der Waals surface area contributed by atoms with Crippen LogP contribution < -0.4 is 9.21 Å². The fraction of sp³-hybridized carbons (Fsp3) is 0.435. The third-order valence-electron chi connectivity index (χ3n) is 5.61. The molecule has 2 aromatic rings. The van der Waals surface area contributed by atoms with Crippen LogP contribution in [0.1, 0.15) is 24.0 Å². The number of para-hydroxylation sites is 1. The van der Waals surface area contributed by atoms with E-state index in [1.165, 1.54) is 16.6 Å².